The molecule has 0 N–H and O–H groups in total. The third-order valence-electron chi connectivity index (χ3n) is 4.40. The number of nitrogens with zero attached hydrogens (tertiary/aromatic N) is 6. The molecule has 11 heteroatoms. The molecule has 0 unspecified atom stereocenters. The van der Waals surface area contributed by atoms with Crippen LogP contribution in [0.4, 0.5) is 0 Å². The summed E-state index contributed by atoms with van der Waals surface area (Å²) in [7, 11) is 0. The minimum atomic E-state index is -0.0695. The molecule has 0 aliphatic heterocycles. The van der Waals surface area contributed by atoms with Gasteiger partial charge in [0, 0.05) is 17.5 Å². The van der Waals surface area contributed by atoms with Crippen molar-refractivity contribution in [1.29, 1.82) is 0 Å². The van der Waals surface area contributed by atoms with Crippen molar-refractivity contribution in [2.24, 2.45) is 0 Å². The summed E-state index contributed by atoms with van der Waals surface area (Å²) in [6, 6.07) is 10.6. The zero-order valence-electron chi connectivity index (χ0n) is 16.6. The number of aryl methyl sites for hydroxylation is 2. The molecule has 9 nitrogen and oxygen atoms in total. The molecule has 31 heavy (non-hydrogen) atoms. The Labute approximate surface area is 184 Å². The topological polar surface area (TPSA) is 112 Å². The van der Waals surface area contributed by atoms with E-state index in [0.717, 1.165) is 11.4 Å². The minimum absolute atomic E-state index is 0.0695. The van der Waals surface area contributed by atoms with Crippen LogP contribution in [-0.2, 0) is 11.5 Å². The van der Waals surface area contributed by atoms with Crippen LogP contribution in [0.2, 0.25) is 0 Å². The largest absolute Gasteiger partial charge is 0.460 e. The van der Waals surface area contributed by atoms with Gasteiger partial charge in [-0.2, -0.15) is 4.98 Å². The smallest absolute Gasteiger partial charge is 0.277 e. The summed E-state index contributed by atoms with van der Waals surface area (Å²) in [5.74, 6) is 2.43. The number of rotatable bonds is 6. The number of benzene rings is 1. The summed E-state index contributed by atoms with van der Waals surface area (Å²) in [5, 5.41) is 14.1. The minimum Gasteiger partial charge on any atom is -0.460 e. The lowest BCUT2D eigenvalue weighted by Crippen LogP contribution is -2.01. The molecule has 0 atom stereocenters. The predicted molar refractivity (Wildman–Crippen MR) is 116 cm³/mol. The molecular formula is C20H16N6O3S2. The fraction of sp³-hybridized carbons (Fsp3) is 0.200. The van der Waals surface area contributed by atoms with Crippen LogP contribution in [0.15, 0.2) is 60.4 Å². The Morgan fingerprint density at radius 2 is 1.87 bits per heavy atom. The highest BCUT2D eigenvalue weighted by Gasteiger charge is 2.13. The van der Waals surface area contributed by atoms with Gasteiger partial charge in [0.2, 0.25) is 11.0 Å². The average molecular weight is 453 g/mol. The van der Waals surface area contributed by atoms with E-state index in [1.54, 1.807) is 16.6 Å². The summed E-state index contributed by atoms with van der Waals surface area (Å²) in [5.41, 5.74) is 2.36. The first-order valence-electron chi connectivity index (χ1n) is 9.36. The molecule has 0 saturated heterocycles. The third-order valence-corrected chi connectivity index (χ3v) is 6.06. The molecule has 4 aromatic heterocycles. The zero-order chi connectivity index (χ0) is 21.4. The monoisotopic (exact) mass is 452 g/mol. The van der Waals surface area contributed by atoms with Crippen LogP contribution in [0.5, 0.6) is 0 Å². The Morgan fingerprint density at radius 3 is 2.77 bits per heavy atom. The first-order chi connectivity index (χ1) is 15.0. The van der Waals surface area contributed by atoms with E-state index in [9.17, 15) is 4.79 Å². The molecule has 0 spiro atoms. The second-order valence-corrected chi connectivity index (χ2v) is 8.63. The molecule has 156 valence electrons. The molecular weight excluding hydrogens is 436 g/mol. The van der Waals surface area contributed by atoms with Gasteiger partial charge in [-0.15, -0.1) is 15.3 Å². The van der Waals surface area contributed by atoms with Crippen LogP contribution in [-0.4, -0.2) is 29.8 Å². The van der Waals surface area contributed by atoms with Gasteiger partial charge in [0.25, 0.3) is 11.0 Å². The van der Waals surface area contributed by atoms with Crippen molar-refractivity contribution in [3.8, 4) is 0 Å². The Bertz CT molecular complexity index is 1460. The second-order valence-electron chi connectivity index (χ2n) is 6.76. The van der Waals surface area contributed by atoms with E-state index in [-0.39, 0.29) is 5.43 Å². The van der Waals surface area contributed by atoms with Crippen molar-refractivity contribution in [3.05, 3.63) is 69.7 Å². The van der Waals surface area contributed by atoms with Crippen LogP contribution in [0.1, 0.15) is 23.0 Å². The van der Waals surface area contributed by atoms with Crippen LogP contribution in [0.3, 0.4) is 0 Å². The van der Waals surface area contributed by atoms with Crippen LogP contribution < -0.4 is 5.43 Å². The van der Waals surface area contributed by atoms with Gasteiger partial charge < -0.3 is 8.83 Å². The lowest BCUT2D eigenvalue weighted by Gasteiger charge is -2.00. The molecule has 0 radical (unpaired) electrons. The Hall–Kier alpha value is -3.18. The summed E-state index contributed by atoms with van der Waals surface area (Å²) < 4.78 is 13.2. The molecule has 0 fully saturated rings. The van der Waals surface area contributed by atoms with Crippen LogP contribution in [0.25, 0.3) is 16.7 Å². The summed E-state index contributed by atoms with van der Waals surface area (Å²) in [6.45, 7) is 3.89. The highest BCUT2D eigenvalue weighted by atomic mass is 32.2. The zero-order valence-corrected chi connectivity index (χ0v) is 18.2. The number of hydrogen-bond acceptors (Lipinski definition) is 10. The van der Waals surface area contributed by atoms with Gasteiger partial charge in [0.15, 0.2) is 5.43 Å². The van der Waals surface area contributed by atoms with E-state index in [1.807, 2.05) is 32.0 Å². The fourth-order valence-corrected chi connectivity index (χ4v) is 4.36. The first-order valence-corrected chi connectivity index (χ1v) is 11.3. The lowest BCUT2D eigenvalue weighted by atomic mass is 10.2. The molecule has 5 rings (SSSR count). The molecule has 4 heterocycles. The van der Waals surface area contributed by atoms with Gasteiger partial charge in [-0.25, -0.2) is 9.50 Å². The average Bonchev–Trinajstić information content (AvgIpc) is 3.37. The normalized spacial score (nSPS) is 11.5. The maximum Gasteiger partial charge on any atom is 0.277 e. The SMILES string of the molecule is Cc1cc(C)n2nc(SCc3nnc(SCc4cc(=O)c5ccccc5o4)o3)nc2n1. The standard InChI is InChI=1S/C20H16N6O3S2/c1-11-7-12(2)26-18(21-11)22-19(25-26)30-10-17-23-24-20(29-17)31-9-13-8-15(27)14-5-3-4-6-16(14)28-13/h3-8H,9-10H2,1-2H3. The quantitative estimate of drug-likeness (QED) is 0.352. The lowest BCUT2D eigenvalue weighted by molar-refractivity contribution is 0.426. The van der Waals surface area contributed by atoms with Gasteiger partial charge in [-0.05, 0) is 32.0 Å². The molecule has 0 bridgehead atoms. The van der Waals surface area contributed by atoms with Gasteiger partial charge in [0.1, 0.15) is 11.3 Å². The van der Waals surface area contributed by atoms with Gasteiger partial charge in [-0.3, -0.25) is 4.79 Å². The maximum absolute atomic E-state index is 12.2. The van der Waals surface area contributed by atoms with E-state index in [4.69, 9.17) is 8.83 Å². The van der Waals surface area contributed by atoms with Crippen molar-refractivity contribution < 1.29 is 8.83 Å². The van der Waals surface area contributed by atoms with Crippen molar-refractivity contribution in [2.45, 2.75) is 35.7 Å². The van der Waals surface area contributed by atoms with Crippen molar-refractivity contribution >= 4 is 40.3 Å². The molecule has 0 aliphatic rings. The van der Waals surface area contributed by atoms with Crippen molar-refractivity contribution in [1.82, 2.24) is 29.8 Å². The number of aromatic nitrogens is 6. The van der Waals surface area contributed by atoms with Gasteiger partial charge in [-0.1, -0.05) is 35.7 Å². The van der Waals surface area contributed by atoms with E-state index < -0.39 is 0 Å². The number of fused-ring (bicyclic) bond motifs is 2. The Balaban J connectivity index is 1.23. The molecule has 0 amide bonds. The van der Waals surface area contributed by atoms with Crippen LogP contribution in [0, 0.1) is 13.8 Å². The first kappa shape index (κ1) is 19.8. The van der Waals surface area contributed by atoms with Crippen molar-refractivity contribution in [3.63, 3.8) is 0 Å². The number of thioether (sulfide) groups is 2. The van der Waals surface area contributed by atoms with E-state index in [0.29, 0.717) is 50.3 Å². The maximum atomic E-state index is 12.2. The molecule has 0 aliphatic carbocycles. The summed E-state index contributed by atoms with van der Waals surface area (Å²) in [6.07, 6.45) is 0. The summed E-state index contributed by atoms with van der Waals surface area (Å²) >= 11 is 2.71. The molecule has 5 aromatic rings. The second kappa shape index (κ2) is 8.16. The Kier molecular flexibility index (Phi) is 5.20. The highest BCUT2D eigenvalue weighted by molar-refractivity contribution is 7.98. The third kappa shape index (κ3) is 4.19. The number of para-hydroxylation sites is 1. The fourth-order valence-electron chi connectivity index (χ4n) is 3.05. The van der Waals surface area contributed by atoms with E-state index >= 15 is 0 Å². The molecule has 1 aromatic carbocycles. The predicted octanol–water partition coefficient (Wildman–Crippen LogP) is 3.82. The van der Waals surface area contributed by atoms with Gasteiger partial charge in [0.05, 0.1) is 16.9 Å². The van der Waals surface area contributed by atoms with Crippen LogP contribution >= 0.6 is 23.5 Å². The number of hydrogen-bond donors (Lipinski definition) is 0. The van der Waals surface area contributed by atoms with Gasteiger partial charge >= 0.3 is 0 Å². The Morgan fingerprint density at radius 1 is 1.00 bits per heavy atom. The highest BCUT2D eigenvalue weighted by Crippen LogP contribution is 2.25. The van der Waals surface area contributed by atoms with E-state index in [2.05, 4.69) is 25.3 Å². The van der Waals surface area contributed by atoms with Crippen molar-refractivity contribution in [2.75, 3.05) is 0 Å². The van der Waals surface area contributed by atoms with E-state index in [1.165, 1.54) is 29.6 Å². The molecule has 0 saturated carbocycles. The summed E-state index contributed by atoms with van der Waals surface area (Å²) in [4.78, 5) is 21.0.